The van der Waals surface area contributed by atoms with Crippen LogP contribution in [0.5, 0.6) is 5.75 Å². The van der Waals surface area contributed by atoms with Gasteiger partial charge in [0.05, 0.1) is 11.3 Å². The Bertz CT molecular complexity index is 918. The molecule has 3 aromatic rings. The van der Waals surface area contributed by atoms with Crippen LogP contribution >= 0.6 is 0 Å². The van der Waals surface area contributed by atoms with E-state index < -0.39 is 5.91 Å². The maximum atomic E-state index is 12.5. The SMILES string of the molecule is CCC/C(=N\NC(=O)c1cc2ccccc2cc1O)c1ccccc1. The number of hydrazone groups is 1. The Morgan fingerprint density at radius 2 is 1.64 bits per heavy atom. The van der Waals surface area contributed by atoms with Gasteiger partial charge in [0, 0.05) is 0 Å². The van der Waals surface area contributed by atoms with Gasteiger partial charge in [-0.1, -0.05) is 67.9 Å². The van der Waals surface area contributed by atoms with Crippen LogP contribution < -0.4 is 5.43 Å². The third-order valence-corrected chi connectivity index (χ3v) is 3.99. The van der Waals surface area contributed by atoms with Gasteiger partial charge in [0.15, 0.2) is 0 Å². The van der Waals surface area contributed by atoms with Crippen molar-refractivity contribution >= 4 is 22.4 Å². The van der Waals surface area contributed by atoms with E-state index in [4.69, 9.17) is 0 Å². The van der Waals surface area contributed by atoms with Crippen molar-refractivity contribution in [3.8, 4) is 5.75 Å². The van der Waals surface area contributed by atoms with Gasteiger partial charge in [0.2, 0.25) is 0 Å². The fraction of sp³-hybridized carbons (Fsp3) is 0.143. The molecule has 1 amide bonds. The smallest absolute Gasteiger partial charge is 0.275 e. The van der Waals surface area contributed by atoms with Crippen LogP contribution in [-0.2, 0) is 0 Å². The zero-order valence-electron chi connectivity index (χ0n) is 14.1. The molecule has 4 nitrogen and oxygen atoms in total. The molecule has 0 heterocycles. The molecular weight excluding hydrogens is 312 g/mol. The average Bonchev–Trinajstić information content (AvgIpc) is 2.65. The number of carbonyl (C=O) groups is 1. The van der Waals surface area contributed by atoms with Crippen molar-refractivity contribution in [1.29, 1.82) is 0 Å². The van der Waals surface area contributed by atoms with Crippen LogP contribution in [0.1, 0.15) is 35.7 Å². The molecular formula is C21H20N2O2. The molecule has 0 aliphatic rings. The Morgan fingerprint density at radius 3 is 2.32 bits per heavy atom. The second kappa shape index (κ2) is 7.62. The van der Waals surface area contributed by atoms with E-state index in [2.05, 4.69) is 17.5 Å². The lowest BCUT2D eigenvalue weighted by atomic mass is 10.1. The van der Waals surface area contributed by atoms with Crippen LogP contribution in [0.4, 0.5) is 0 Å². The maximum Gasteiger partial charge on any atom is 0.275 e. The second-order valence-electron chi connectivity index (χ2n) is 5.83. The first kappa shape index (κ1) is 16.7. The molecule has 3 rings (SSSR count). The van der Waals surface area contributed by atoms with Crippen LogP contribution in [0.15, 0.2) is 71.8 Å². The highest BCUT2D eigenvalue weighted by Gasteiger charge is 2.12. The standard InChI is InChI=1S/C21H20N2O2/c1-2-8-19(15-9-4-3-5-10-15)22-23-21(25)18-13-16-11-6-7-12-17(16)14-20(18)24/h3-7,9-14,24H,2,8H2,1H3,(H,23,25)/b22-19+. The van der Waals surface area contributed by atoms with Gasteiger partial charge in [0.25, 0.3) is 5.91 Å². The van der Waals surface area contributed by atoms with Crippen LogP contribution in [0.3, 0.4) is 0 Å². The van der Waals surface area contributed by atoms with Crippen LogP contribution in [-0.4, -0.2) is 16.7 Å². The van der Waals surface area contributed by atoms with Crippen molar-refractivity contribution < 1.29 is 9.90 Å². The number of phenols is 1. The number of fused-ring (bicyclic) bond motifs is 1. The van der Waals surface area contributed by atoms with E-state index in [1.807, 2.05) is 54.6 Å². The molecule has 25 heavy (non-hydrogen) atoms. The molecule has 0 bridgehead atoms. The molecule has 3 aromatic carbocycles. The average molecular weight is 332 g/mol. The number of nitrogens with zero attached hydrogens (tertiary/aromatic N) is 1. The summed E-state index contributed by atoms with van der Waals surface area (Å²) in [5, 5.41) is 16.2. The topological polar surface area (TPSA) is 61.7 Å². The fourth-order valence-electron chi connectivity index (χ4n) is 2.72. The molecule has 0 fully saturated rings. The minimum atomic E-state index is -0.423. The predicted molar refractivity (Wildman–Crippen MR) is 101 cm³/mol. The lowest BCUT2D eigenvalue weighted by Crippen LogP contribution is -2.20. The van der Waals surface area contributed by atoms with Gasteiger partial charge in [-0.25, -0.2) is 5.43 Å². The number of amides is 1. The fourth-order valence-corrected chi connectivity index (χ4v) is 2.72. The Labute approximate surface area is 146 Å². The van der Waals surface area contributed by atoms with Crippen LogP contribution in [0.2, 0.25) is 0 Å². The van der Waals surface area contributed by atoms with E-state index in [0.29, 0.717) is 0 Å². The lowest BCUT2D eigenvalue weighted by molar-refractivity contribution is 0.0952. The van der Waals surface area contributed by atoms with Gasteiger partial charge in [-0.2, -0.15) is 5.10 Å². The van der Waals surface area contributed by atoms with E-state index in [0.717, 1.165) is 34.9 Å². The zero-order valence-corrected chi connectivity index (χ0v) is 14.1. The molecule has 0 aliphatic heterocycles. The number of aromatic hydroxyl groups is 1. The Kier molecular flexibility index (Phi) is 5.09. The van der Waals surface area contributed by atoms with Crippen molar-refractivity contribution in [3.63, 3.8) is 0 Å². The van der Waals surface area contributed by atoms with E-state index in [-0.39, 0.29) is 11.3 Å². The van der Waals surface area contributed by atoms with Crippen molar-refractivity contribution in [2.24, 2.45) is 5.10 Å². The van der Waals surface area contributed by atoms with Gasteiger partial charge >= 0.3 is 0 Å². The third-order valence-electron chi connectivity index (χ3n) is 3.99. The second-order valence-corrected chi connectivity index (χ2v) is 5.83. The molecule has 0 saturated heterocycles. The van der Waals surface area contributed by atoms with Crippen LogP contribution in [0, 0.1) is 0 Å². The Balaban J connectivity index is 1.87. The van der Waals surface area contributed by atoms with E-state index in [9.17, 15) is 9.90 Å². The lowest BCUT2D eigenvalue weighted by Gasteiger charge is -2.08. The first-order valence-electron chi connectivity index (χ1n) is 8.33. The molecule has 0 radical (unpaired) electrons. The molecule has 0 spiro atoms. The molecule has 0 unspecified atom stereocenters. The molecule has 4 heteroatoms. The van der Waals surface area contributed by atoms with E-state index in [1.54, 1.807) is 12.1 Å². The van der Waals surface area contributed by atoms with Crippen molar-refractivity contribution in [3.05, 3.63) is 77.9 Å². The van der Waals surface area contributed by atoms with Gasteiger partial charge in [-0.15, -0.1) is 0 Å². The largest absolute Gasteiger partial charge is 0.507 e. The molecule has 0 aliphatic carbocycles. The maximum absolute atomic E-state index is 12.5. The highest BCUT2D eigenvalue weighted by molar-refractivity contribution is 6.04. The minimum absolute atomic E-state index is 0.0526. The molecule has 126 valence electrons. The van der Waals surface area contributed by atoms with Crippen LogP contribution in [0.25, 0.3) is 10.8 Å². The molecule has 0 saturated carbocycles. The van der Waals surface area contributed by atoms with Crippen molar-refractivity contribution in [1.82, 2.24) is 5.43 Å². The summed E-state index contributed by atoms with van der Waals surface area (Å²) in [5.41, 5.74) is 4.59. The number of carbonyl (C=O) groups excluding carboxylic acids is 1. The number of hydrogen-bond donors (Lipinski definition) is 2. The van der Waals surface area contributed by atoms with Crippen molar-refractivity contribution in [2.75, 3.05) is 0 Å². The summed E-state index contributed by atoms with van der Waals surface area (Å²) in [7, 11) is 0. The summed E-state index contributed by atoms with van der Waals surface area (Å²) in [5.74, 6) is -0.476. The highest BCUT2D eigenvalue weighted by Crippen LogP contribution is 2.24. The van der Waals surface area contributed by atoms with Crippen molar-refractivity contribution in [2.45, 2.75) is 19.8 Å². The first-order valence-corrected chi connectivity index (χ1v) is 8.33. The quantitative estimate of drug-likeness (QED) is 0.534. The number of phenolic OH excluding ortho intramolecular Hbond substituents is 1. The summed E-state index contributed by atoms with van der Waals surface area (Å²) in [4.78, 5) is 12.5. The van der Waals surface area contributed by atoms with Gasteiger partial charge in [0.1, 0.15) is 5.75 Å². The predicted octanol–water partition coefficient (Wildman–Crippen LogP) is 4.48. The minimum Gasteiger partial charge on any atom is -0.507 e. The van der Waals surface area contributed by atoms with Gasteiger partial charge < -0.3 is 5.11 Å². The Hall–Kier alpha value is -3.14. The summed E-state index contributed by atoms with van der Waals surface area (Å²) < 4.78 is 0. The summed E-state index contributed by atoms with van der Waals surface area (Å²) in [6.45, 7) is 2.06. The summed E-state index contributed by atoms with van der Waals surface area (Å²) >= 11 is 0. The molecule has 2 N–H and O–H groups in total. The zero-order chi connectivity index (χ0) is 17.6. The first-order chi connectivity index (χ1) is 12.2. The van der Waals surface area contributed by atoms with E-state index >= 15 is 0 Å². The molecule has 0 atom stereocenters. The number of rotatable bonds is 5. The summed E-state index contributed by atoms with van der Waals surface area (Å²) in [6.07, 6.45) is 1.68. The number of hydrogen-bond acceptors (Lipinski definition) is 3. The number of nitrogens with one attached hydrogen (secondary N) is 1. The van der Waals surface area contributed by atoms with Gasteiger partial charge in [-0.3, -0.25) is 4.79 Å². The van der Waals surface area contributed by atoms with E-state index in [1.165, 1.54) is 0 Å². The van der Waals surface area contributed by atoms with Gasteiger partial charge in [-0.05, 0) is 34.9 Å². The molecule has 0 aromatic heterocycles. The Morgan fingerprint density at radius 1 is 1.00 bits per heavy atom. The highest BCUT2D eigenvalue weighted by atomic mass is 16.3. The monoisotopic (exact) mass is 332 g/mol. The third kappa shape index (κ3) is 3.86. The summed E-state index contributed by atoms with van der Waals surface area (Å²) in [6, 6.07) is 20.6. The number of benzene rings is 3. The normalized spacial score (nSPS) is 11.5.